The van der Waals surface area contributed by atoms with Crippen LogP contribution in [-0.4, -0.2) is 26.9 Å². The molecular formula is C10H3ClFN3O3. The monoisotopic (exact) mass is 267 g/mol. The van der Waals surface area contributed by atoms with Crippen LogP contribution in [0.5, 0.6) is 0 Å². The van der Waals surface area contributed by atoms with E-state index < -0.39 is 17.8 Å². The summed E-state index contributed by atoms with van der Waals surface area (Å²) in [4.78, 5) is 22.6. The van der Waals surface area contributed by atoms with Gasteiger partial charge < -0.3 is 4.74 Å². The normalized spacial score (nSPS) is 13.7. The summed E-state index contributed by atoms with van der Waals surface area (Å²) in [5.74, 6) is -2.30. The minimum atomic E-state index is -0.852. The molecule has 0 N–H and O–H groups in total. The van der Waals surface area contributed by atoms with Crippen LogP contribution < -0.4 is 0 Å². The number of halogens is 2. The largest absolute Gasteiger partial charge is 0.383 e. The predicted molar refractivity (Wildman–Crippen MR) is 56.1 cm³/mol. The van der Waals surface area contributed by atoms with E-state index in [-0.39, 0.29) is 16.4 Å². The number of hydrogen-bond donors (Lipinski definition) is 0. The van der Waals surface area contributed by atoms with Crippen molar-refractivity contribution < 1.29 is 18.7 Å². The van der Waals surface area contributed by atoms with Gasteiger partial charge in [0.15, 0.2) is 5.69 Å². The molecule has 8 heteroatoms. The Morgan fingerprint density at radius 3 is 2.78 bits per heavy atom. The average molecular weight is 268 g/mol. The minimum Gasteiger partial charge on any atom is -0.383 e. The topological polar surface area (TPSA) is 74.1 Å². The molecular weight excluding hydrogens is 265 g/mol. The number of ether oxygens (including phenoxy) is 1. The Hall–Kier alpha value is -2.28. The molecule has 0 spiro atoms. The van der Waals surface area contributed by atoms with Crippen LogP contribution in [0.3, 0.4) is 0 Å². The summed E-state index contributed by atoms with van der Waals surface area (Å²) in [5, 5.41) is 7.05. The maximum Gasteiger partial charge on any atom is 0.369 e. The van der Waals surface area contributed by atoms with E-state index in [4.69, 9.17) is 11.6 Å². The first-order valence-electron chi connectivity index (χ1n) is 4.75. The van der Waals surface area contributed by atoms with Crippen molar-refractivity contribution >= 4 is 23.5 Å². The first kappa shape index (κ1) is 10.8. The first-order valence-corrected chi connectivity index (χ1v) is 5.13. The van der Waals surface area contributed by atoms with Crippen molar-refractivity contribution in [3.05, 3.63) is 40.4 Å². The van der Waals surface area contributed by atoms with Crippen LogP contribution >= 0.6 is 11.6 Å². The van der Waals surface area contributed by atoms with Crippen molar-refractivity contribution in [1.29, 1.82) is 0 Å². The summed E-state index contributed by atoms with van der Waals surface area (Å²) in [6.45, 7) is 0. The SMILES string of the molecule is O=C1OC(=O)c2c1nnn2-c1ccc(F)c(Cl)c1. The van der Waals surface area contributed by atoms with E-state index in [0.717, 1.165) is 10.7 Å². The van der Waals surface area contributed by atoms with Crippen molar-refractivity contribution in [3.63, 3.8) is 0 Å². The fourth-order valence-electron chi connectivity index (χ4n) is 1.58. The lowest BCUT2D eigenvalue weighted by atomic mass is 10.3. The first-order chi connectivity index (χ1) is 8.58. The van der Waals surface area contributed by atoms with Crippen LogP contribution in [0.2, 0.25) is 5.02 Å². The van der Waals surface area contributed by atoms with E-state index in [1.165, 1.54) is 12.1 Å². The minimum absolute atomic E-state index is 0.0947. The van der Waals surface area contributed by atoms with Gasteiger partial charge in [-0.3, -0.25) is 0 Å². The van der Waals surface area contributed by atoms with Crippen LogP contribution in [-0.2, 0) is 4.74 Å². The van der Waals surface area contributed by atoms with Gasteiger partial charge in [-0.15, -0.1) is 5.10 Å². The fourth-order valence-corrected chi connectivity index (χ4v) is 1.76. The molecule has 0 saturated carbocycles. The zero-order chi connectivity index (χ0) is 12.9. The van der Waals surface area contributed by atoms with Crippen LogP contribution in [0, 0.1) is 5.82 Å². The van der Waals surface area contributed by atoms with Gasteiger partial charge in [0.05, 0.1) is 10.7 Å². The molecule has 90 valence electrons. The van der Waals surface area contributed by atoms with Crippen LogP contribution in [0.25, 0.3) is 5.69 Å². The lowest BCUT2D eigenvalue weighted by Crippen LogP contribution is -2.08. The highest BCUT2D eigenvalue weighted by Crippen LogP contribution is 2.23. The van der Waals surface area contributed by atoms with Crippen molar-refractivity contribution in [2.45, 2.75) is 0 Å². The molecule has 1 aromatic heterocycles. The molecule has 2 aromatic rings. The Kier molecular flexibility index (Phi) is 2.17. The van der Waals surface area contributed by atoms with Gasteiger partial charge in [0.25, 0.3) is 0 Å². The number of carbonyl (C=O) groups excluding carboxylic acids is 2. The Morgan fingerprint density at radius 2 is 2.06 bits per heavy atom. The number of benzene rings is 1. The maximum atomic E-state index is 13.0. The molecule has 1 aliphatic rings. The van der Waals surface area contributed by atoms with Gasteiger partial charge >= 0.3 is 11.9 Å². The van der Waals surface area contributed by atoms with Crippen molar-refractivity contribution in [1.82, 2.24) is 15.0 Å². The summed E-state index contributed by atoms with van der Waals surface area (Å²) < 4.78 is 18.5. The molecule has 0 radical (unpaired) electrons. The van der Waals surface area contributed by atoms with E-state index in [1.807, 2.05) is 0 Å². The second kappa shape index (κ2) is 3.61. The summed E-state index contributed by atoms with van der Waals surface area (Å²) in [6, 6.07) is 3.74. The molecule has 0 amide bonds. The van der Waals surface area contributed by atoms with Gasteiger partial charge in [-0.25, -0.2) is 18.7 Å². The number of nitrogens with zero attached hydrogens (tertiary/aromatic N) is 3. The number of esters is 2. The molecule has 2 heterocycles. The summed E-state index contributed by atoms with van der Waals surface area (Å²) in [7, 11) is 0. The Bertz CT molecular complexity index is 698. The second-order valence-electron chi connectivity index (χ2n) is 3.47. The molecule has 1 aromatic carbocycles. The number of rotatable bonds is 1. The molecule has 0 bridgehead atoms. The highest BCUT2D eigenvalue weighted by atomic mass is 35.5. The van der Waals surface area contributed by atoms with Crippen molar-refractivity contribution in [2.24, 2.45) is 0 Å². The van der Waals surface area contributed by atoms with Crippen LogP contribution in [0.1, 0.15) is 21.0 Å². The molecule has 6 nitrogen and oxygen atoms in total. The number of hydrogen-bond acceptors (Lipinski definition) is 5. The predicted octanol–water partition coefficient (Wildman–Crippen LogP) is 1.37. The lowest BCUT2D eigenvalue weighted by molar-refractivity contribution is 0.0434. The third-order valence-electron chi connectivity index (χ3n) is 2.39. The van der Waals surface area contributed by atoms with Gasteiger partial charge in [-0.1, -0.05) is 16.8 Å². The van der Waals surface area contributed by atoms with Crippen molar-refractivity contribution in [2.75, 3.05) is 0 Å². The van der Waals surface area contributed by atoms with E-state index in [0.29, 0.717) is 5.69 Å². The third-order valence-corrected chi connectivity index (χ3v) is 2.68. The smallest absolute Gasteiger partial charge is 0.369 e. The molecule has 0 fully saturated rings. The zero-order valence-electron chi connectivity index (χ0n) is 8.55. The molecule has 0 saturated heterocycles. The van der Waals surface area contributed by atoms with E-state index in [2.05, 4.69) is 15.0 Å². The van der Waals surface area contributed by atoms with Crippen LogP contribution in [0.4, 0.5) is 4.39 Å². The Balaban J connectivity index is 2.19. The summed E-state index contributed by atoms with van der Waals surface area (Å²) in [6.07, 6.45) is 0. The summed E-state index contributed by atoms with van der Waals surface area (Å²) >= 11 is 5.63. The maximum absolute atomic E-state index is 13.0. The second-order valence-corrected chi connectivity index (χ2v) is 3.88. The fraction of sp³-hybridized carbons (Fsp3) is 0. The van der Waals surface area contributed by atoms with Crippen molar-refractivity contribution in [3.8, 4) is 5.69 Å². The highest BCUT2D eigenvalue weighted by Gasteiger charge is 2.37. The number of aromatic nitrogens is 3. The van der Waals surface area contributed by atoms with E-state index in [9.17, 15) is 14.0 Å². The highest BCUT2D eigenvalue weighted by molar-refractivity contribution is 6.30. The number of cyclic esters (lactones) is 2. The molecule has 0 unspecified atom stereocenters. The summed E-state index contributed by atoms with van der Waals surface area (Å²) in [5.41, 5.74) is 0.0462. The number of carbonyl (C=O) groups is 2. The van der Waals surface area contributed by atoms with E-state index in [1.54, 1.807) is 0 Å². The van der Waals surface area contributed by atoms with Gasteiger partial charge in [0.2, 0.25) is 5.69 Å². The molecule has 1 aliphatic heterocycles. The number of fused-ring (bicyclic) bond motifs is 1. The third kappa shape index (κ3) is 1.41. The van der Waals surface area contributed by atoms with Gasteiger partial charge in [-0.05, 0) is 18.2 Å². The molecule has 3 rings (SSSR count). The lowest BCUT2D eigenvalue weighted by Gasteiger charge is -2.03. The molecule has 0 aliphatic carbocycles. The Morgan fingerprint density at radius 1 is 1.28 bits per heavy atom. The molecule has 18 heavy (non-hydrogen) atoms. The van der Waals surface area contributed by atoms with Gasteiger partial charge in [0, 0.05) is 0 Å². The van der Waals surface area contributed by atoms with E-state index >= 15 is 0 Å². The zero-order valence-corrected chi connectivity index (χ0v) is 9.31. The Labute approximate surface area is 104 Å². The standard InChI is InChI=1S/C10H3ClFN3O3/c11-5-3-4(1-2-6(5)12)15-8-7(13-14-15)9(16)18-10(8)17/h1-3H. The van der Waals surface area contributed by atoms with Crippen LogP contribution in [0.15, 0.2) is 18.2 Å². The van der Waals surface area contributed by atoms with Gasteiger partial charge in [-0.2, -0.15) is 0 Å². The quantitative estimate of drug-likeness (QED) is 0.576. The average Bonchev–Trinajstić information content (AvgIpc) is 2.87. The molecule has 0 atom stereocenters. The van der Waals surface area contributed by atoms with Gasteiger partial charge in [0.1, 0.15) is 5.82 Å².